The highest BCUT2D eigenvalue weighted by molar-refractivity contribution is 6.17. The smallest absolute Gasteiger partial charge is 0.257 e. The summed E-state index contributed by atoms with van der Waals surface area (Å²) in [5.41, 5.74) is 2.26. The molecule has 0 aromatic carbocycles. The zero-order valence-corrected chi connectivity index (χ0v) is 14.4. The van der Waals surface area contributed by atoms with E-state index in [1.54, 1.807) is 16.6 Å². The fraction of sp³-hybridized carbons (Fsp3) is 0.750. The van der Waals surface area contributed by atoms with E-state index in [2.05, 4.69) is 5.10 Å². The highest BCUT2D eigenvalue weighted by Crippen LogP contribution is 2.25. The number of amides is 1. The summed E-state index contributed by atoms with van der Waals surface area (Å²) in [7, 11) is 1.81. The number of hydrogen-bond acceptors (Lipinski definition) is 3. The Morgan fingerprint density at radius 3 is 2.73 bits per heavy atom. The predicted molar refractivity (Wildman–Crippen MR) is 87.3 cm³/mol. The van der Waals surface area contributed by atoms with Crippen molar-refractivity contribution in [3.63, 3.8) is 0 Å². The van der Waals surface area contributed by atoms with E-state index in [-0.39, 0.29) is 17.9 Å². The van der Waals surface area contributed by atoms with Crippen molar-refractivity contribution < 1.29 is 9.90 Å². The number of carbonyl (C=O) groups is 1. The van der Waals surface area contributed by atoms with Crippen LogP contribution in [-0.4, -0.2) is 51.3 Å². The van der Waals surface area contributed by atoms with Gasteiger partial charge >= 0.3 is 0 Å². The van der Waals surface area contributed by atoms with Gasteiger partial charge in [0.1, 0.15) is 0 Å². The molecule has 5 nitrogen and oxygen atoms in total. The zero-order chi connectivity index (χ0) is 16.3. The molecule has 2 rings (SSSR count). The van der Waals surface area contributed by atoms with Crippen LogP contribution >= 0.6 is 11.6 Å². The summed E-state index contributed by atoms with van der Waals surface area (Å²) in [4.78, 5) is 14.5. The number of hydrogen-bond donors (Lipinski definition) is 1. The van der Waals surface area contributed by atoms with Gasteiger partial charge in [-0.05, 0) is 26.7 Å². The van der Waals surface area contributed by atoms with Gasteiger partial charge in [0.2, 0.25) is 0 Å². The van der Waals surface area contributed by atoms with Gasteiger partial charge in [-0.2, -0.15) is 5.10 Å². The molecule has 1 fully saturated rings. The molecule has 2 unspecified atom stereocenters. The van der Waals surface area contributed by atoms with E-state index < -0.39 is 0 Å². The van der Waals surface area contributed by atoms with E-state index in [9.17, 15) is 9.90 Å². The SMILES string of the molecule is Cc1nn(CCCl)c(C)c1C(=O)N(C)CC1CCCCC1O. The highest BCUT2D eigenvalue weighted by Gasteiger charge is 2.28. The Morgan fingerprint density at radius 1 is 1.41 bits per heavy atom. The number of alkyl halides is 1. The summed E-state index contributed by atoms with van der Waals surface area (Å²) in [6.07, 6.45) is 3.76. The lowest BCUT2D eigenvalue weighted by Gasteiger charge is -2.31. The van der Waals surface area contributed by atoms with Crippen LogP contribution in [0.2, 0.25) is 0 Å². The van der Waals surface area contributed by atoms with Crippen molar-refractivity contribution in [1.82, 2.24) is 14.7 Å². The molecule has 1 heterocycles. The normalized spacial score (nSPS) is 21.9. The summed E-state index contributed by atoms with van der Waals surface area (Å²) in [6, 6.07) is 0. The van der Waals surface area contributed by atoms with Crippen LogP contribution in [0, 0.1) is 19.8 Å². The van der Waals surface area contributed by atoms with Crippen LogP contribution in [0.3, 0.4) is 0 Å². The molecule has 1 saturated carbocycles. The molecule has 1 N–H and O–H groups in total. The van der Waals surface area contributed by atoms with Crippen molar-refractivity contribution in [1.29, 1.82) is 0 Å². The van der Waals surface area contributed by atoms with Crippen LogP contribution < -0.4 is 0 Å². The Bertz CT molecular complexity index is 530. The summed E-state index contributed by atoms with van der Waals surface area (Å²) in [5, 5.41) is 14.5. The summed E-state index contributed by atoms with van der Waals surface area (Å²) in [5.74, 6) is 0.634. The minimum Gasteiger partial charge on any atom is -0.393 e. The highest BCUT2D eigenvalue weighted by atomic mass is 35.5. The molecule has 22 heavy (non-hydrogen) atoms. The lowest BCUT2D eigenvalue weighted by molar-refractivity contribution is 0.0450. The summed E-state index contributed by atoms with van der Waals surface area (Å²) >= 11 is 5.77. The number of aliphatic hydroxyl groups excluding tert-OH is 1. The lowest BCUT2D eigenvalue weighted by atomic mass is 9.86. The Hall–Kier alpha value is -1.07. The number of rotatable bonds is 5. The molecule has 1 aromatic heterocycles. The van der Waals surface area contributed by atoms with Gasteiger partial charge in [-0.15, -0.1) is 11.6 Å². The molecule has 0 bridgehead atoms. The van der Waals surface area contributed by atoms with Crippen molar-refractivity contribution in [3.05, 3.63) is 17.0 Å². The Kier molecular flexibility index (Phi) is 5.87. The van der Waals surface area contributed by atoms with Crippen LogP contribution in [0.15, 0.2) is 0 Å². The largest absolute Gasteiger partial charge is 0.393 e. The van der Waals surface area contributed by atoms with Gasteiger partial charge in [-0.3, -0.25) is 9.48 Å². The Morgan fingerprint density at radius 2 is 2.09 bits per heavy atom. The first kappa shape index (κ1) is 17.3. The summed E-state index contributed by atoms with van der Waals surface area (Å²) < 4.78 is 1.79. The van der Waals surface area contributed by atoms with Gasteiger partial charge in [0.25, 0.3) is 5.91 Å². The predicted octanol–water partition coefficient (Wildman–Crippen LogP) is 2.36. The van der Waals surface area contributed by atoms with Crippen molar-refractivity contribution in [3.8, 4) is 0 Å². The molecule has 0 spiro atoms. The average molecular weight is 328 g/mol. The fourth-order valence-corrected chi connectivity index (χ4v) is 3.49. The maximum Gasteiger partial charge on any atom is 0.257 e. The first-order valence-corrected chi connectivity index (χ1v) is 8.52. The van der Waals surface area contributed by atoms with Crippen molar-refractivity contribution in [2.24, 2.45) is 5.92 Å². The summed E-state index contributed by atoms with van der Waals surface area (Å²) in [6.45, 7) is 4.96. The van der Waals surface area contributed by atoms with Gasteiger partial charge in [0, 0.05) is 31.1 Å². The molecule has 2 atom stereocenters. The van der Waals surface area contributed by atoms with Gasteiger partial charge in [0.15, 0.2) is 0 Å². The van der Waals surface area contributed by atoms with Crippen LogP contribution in [-0.2, 0) is 6.54 Å². The second kappa shape index (κ2) is 7.47. The minimum atomic E-state index is -0.287. The first-order valence-electron chi connectivity index (χ1n) is 7.99. The van der Waals surface area contributed by atoms with Crippen molar-refractivity contribution in [2.45, 2.75) is 52.2 Å². The topological polar surface area (TPSA) is 58.4 Å². The monoisotopic (exact) mass is 327 g/mol. The number of halogens is 1. The van der Waals surface area contributed by atoms with Gasteiger partial charge in [0.05, 0.1) is 23.9 Å². The molecular formula is C16H26ClN3O2. The van der Waals surface area contributed by atoms with Gasteiger partial charge in [-0.25, -0.2) is 0 Å². The van der Waals surface area contributed by atoms with Gasteiger partial charge in [-0.1, -0.05) is 12.8 Å². The number of carbonyl (C=O) groups excluding carboxylic acids is 1. The van der Waals surface area contributed by atoms with Crippen LogP contribution in [0.25, 0.3) is 0 Å². The molecular weight excluding hydrogens is 302 g/mol. The fourth-order valence-electron chi connectivity index (χ4n) is 3.33. The molecule has 1 aromatic rings. The molecule has 0 radical (unpaired) electrons. The average Bonchev–Trinajstić information content (AvgIpc) is 2.75. The third kappa shape index (κ3) is 3.63. The zero-order valence-electron chi connectivity index (χ0n) is 13.7. The number of aromatic nitrogens is 2. The van der Waals surface area contributed by atoms with E-state index in [1.807, 2.05) is 13.8 Å². The lowest BCUT2D eigenvalue weighted by Crippen LogP contribution is -2.38. The number of aryl methyl sites for hydroxylation is 2. The van der Waals surface area contributed by atoms with Crippen molar-refractivity contribution in [2.75, 3.05) is 19.5 Å². The van der Waals surface area contributed by atoms with E-state index in [0.29, 0.717) is 24.5 Å². The van der Waals surface area contributed by atoms with Crippen LogP contribution in [0.4, 0.5) is 0 Å². The van der Waals surface area contributed by atoms with E-state index in [0.717, 1.165) is 37.1 Å². The second-order valence-corrected chi connectivity index (χ2v) is 6.63. The molecule has 0 aliphatic heterocycles. The third-order valence-corrected chi connectivity index (χ3v) is 4.78. The van der Waals surface area contributed by atoms with Crippen molar-refractivity contribution >= 4 is 17.5 Å². The van der Waals surface area contributed by atoms with Crippen LogP contribution in [0.1, 0.15) is 47.4 Å². The quantitative estimate of drug-likeness (QED) is 0.845. The maximum absolute atomic E-state index is 12.7. The maximum atomic E-state index is 12.7. The number of nitrogens with zero attached hydrogens (tertiary/aromatic N) is 3. The second-order valence-electron chi connectivity index (χ2n) is 6.26. The van der Waals surface area contributed by atoms with E-state index >= 15 is 0 Å². The molecule has 1 aliphatic rings. The molecule has 124 valence electrons. The van der Waals surface area contributed by atoms with E-state index in [4.69, 9.17) is 11.6 Å². The molecule has 0 saturated heterocycles. The molecule has 6 heteroatoms. The van der Waals surface area contributed by atoms with Crippen LogP contribution in [0.5, 0.6) is 0 Å². The Balaban J connectivity index is 2.10. The standard InChI is InChI=1S/C16H26ClN3O2/c1-11-15(12(2)20(18-11)9-8-17)16(22)19(3)10-13-6-4-5-7-14(13)21/h13-14,21H,4-10H2,1-3H3. The first-order chi connectivity index (χ1) is 10.5. The Labute approximate surface area is 137 Å². The number of aliphatic hydroxyl groups is 1. The molecule has 1 amide bonds. The van der Waals surface area contributed by atoms with Gasteiger partial charge < -0.3 is 10.0 Å². The van der Waals surface area contributed by atoms with E-state index in [1.165, 1.54) is 0 Å². The third-order valence-electron chi connectivity index (χ3n) is 4.62. The minimum absolute atomic E-state index is 0.0198. The molecule has 1 aliphatic carbocycles.